The van der Waals surface area contributed by atoms with Crippen LogP contribution in [0.5, 0.6) is 0 Å². The van der Waals surface area contributed by atoms with Crippen molar-refractivity contribution in [1.82, 2.24) is 0 Å². The zero-order valence-electron chi connectivity index (χ0n) is 20.5. The van der Waals surface area contributed by atoms with Gasteiger partial charge in [0.05, 0.1) is 32.0 Å². The van der Waals surface area contributed by atoms with Gasteiger partial charge in [-0.05, 0) is 30.5 Å². The predicted octanol–water partition coefficient (Wildman–Crippen LogP) is 4.84. The Labute approximate surface area is 181 Å². The third-order valence-electron chi connectivity index (χ3n) is 6.01. The molecular weight excluding hydrogens is 384 g/mol. The number of aliphatic hydroxyl groups excluding tert-OH is 1. The Bertz CT molecular complexity index is 462. The minimum absolute atomic E-state index is 0.127. The summed E-state index contributed by atoms with van der Waals surface area (Å²) in [5, 5.41) is 10.8. The van der Waals surface area contributed by atoms with Crippen molar-refractivity contribution in [3.63, 3.8) is 0 Å². The fourth-order valence-electron chi connectivity index (χ4n) is 4.40. The van der Waals surface area contributed by atoms with Gasteiger partial charge >= 0.3 is 0 Å². The largest absolute Gasteiger partial charge is 0.413 e. The highest BCUT2D eigenvalue weighted by Crippen LogP contribution is 2.42. The second-order valence-electron chi connectivity index (χ2n) is 8.89. The molecule has 29 heavy (non-hydrogen) atoms. The number of hydrogen-bond acceptors (Lipinski definition) is 5. The van der Waals surface area contributed by atoms with Crippen LogP contribution in [0, 0.1) is 23.7 Å². The second-order valence-corrected chi connectivity index (χ2v) is 14.3. The molecule has 0 saturated heterocycles. The zero-order chi connectivity index (χ0) is 22.6. The molecule has 0 unspecified atom stereocenters. The summed E-state index contributed by atoms with van der Waals surface area (Å²) in [5.41, 5.74) is 1.48. The second kappa shape index (κ2) is 14.6. The summed E-state index contributed by atoms with van der Waals surface area (Å²) in [6.45, 7) is 21.0. The van der Waals surface area contributed by atoms with Crippen LogP contribution in [-0.2, 0) is 18.6 Å². The van der Waals surface area contributed by atoms with Crippen molar-refractivity contribution in [2.75, 3.05) is 33.7 Å². The van der Waals surface area contributed by atoms with E-state index in [1.807, 2.05) is 13.8 Å². The van der Waals surface area contributed by atoms with Crippen molar-refractivity contribution >= 4 is 8.32 Å². The molecule has 4 atom stereocenters. The predicted molar refractivity (Wildman–Crippen MR) is 122 cm³/mol. The van der Waals surface area contributed by atoms with Gasteiger partial charge in [0, 0.05) is 18.9 Å². The van der Waals surface area contributed by atoms with Gasteiger partial charge in [0.2, 0.25) is 0 Å². The first kappa shape index (κ1) is 28.6. The Morgan fingerprint density at radius 3 is 1.90 bits per heavy atom. The molecule has 0 radical (unpaired) electrons. The van der Waals surface area contributed by atoms with Crippen LogP contribution in [0.1, 0.15) is 62.3 Å². The van der Waals surface area contributed by atoms with E-state index in [-0.39, 0.29) is 24.7 Å². The lowest BCUT2D eigenvalue weighted by Crippen LogP contribution is -2.50. The van der Waals surface area contributed by atoms with Crippen LogP contribution < -0.4 is 0 Å². The van der Waals surface area contributed by atoms with Gasteiger partial charge in [-0.3, -0.25) is 0 Å². The zero-order valence-corrected chi connectivity index (χ0v) is 21.5. The first-order chi connectivity index (χ1) is 13.6. The van der Waals surface area contributed by atoms with Crippen LogP contribution in [0.25, 0.3) is 0 Å². The van der Waals surface area contributed by atoms with E-state index in [1.165, 1.54) is 0 Å². The highest BCUT2D eigenvalue weighted by molar-refractivity contribution is 6.77. The average Bonchev–Trinajstić information content (AvgIpc) is 2.64. The molecule has 6 heteroatoms. The van der Waals surface area contributed by atoms with Crippen molar-refractivity contribution in [2.45, 2.75) is 91.1 Å². The first-order valence-electron chi connectivity index (χ1n) is 11.0. The quantitative estimate of drug-likeness (QED) is 0.174. The van der Waals surface area contributed by atoms with Gasteiger partial charge in [0.15, 0.2) is 8.32 Å². The molecule has 1 N–H and O–H groups in total. The van der Waals surface area contributed by atoms with Gasteiger partial charge < -0.3 is 23.7 Å². The minimum atomic E-state index is -2.02. The van der Waals surface area contributed by atoms with Crippen LogP contribution in [0.3, 0.4) is 0 Å². The lowest BCUT2D eigenvalue weighted by Gasteiger charge is -2.43. The molecule has 0 rings (SSSR count). The maximum atomic E-state index is 10.8. The summed E-state index contributed by atoms with van der Waals surface area (Å²) in [6, 6.07) is 0. The van der Waals surface area contributed by atoms with Crippen LogP contribution in [0.2, 0.25) is 16.6 Å². The number of methoxy groups -OCH3 is 1. The van der Waals surface area contributed by atoms with Gasteiger partial charge in [-0.1, -0.05) is 54.4 Å². The Morgan fingerprint density at radius 2 is 1.45 bits per heavy atom. The molecule has 172 valence electrons. The fraction of sp³-hybridized carbons (Fsp3) is 0.913. The van der Waals surface area contributed by atoms with Crippen LogP contribution >= 0.6 is 0 Å². The van der Waals surface area contributed by atoms with Gasteiger partial charge in [-0.2, -0.15) is 0 Å². The molecule has 0 aromatic carbocycles. The van der Waals surface area contributed by atoms with Crippen molar-refractivity contribution in [3.05, 3.63) is 0 Å². The van der Waals surface area contributed by atoms with Crippen molar-refractivity contribution < 1.29 is 23.7 Å². The molecule has 0 aliphatic heterocycles. The summed E-state index contributed by atoms with van der Waals surface area (Å²) in [6.07, 6.45) is -0.861. The maximum Gasteiger partial charge on any atom is 0.200 e. The third kappa shape index (κ3) is 8.68. The number of ether oxygens (including phenoxy) is 3. The molecule has 0 bridgehead atoms. The Morgan fingerprint density at radius 1 is 0.897 bits per heavy atom. The Balaban J connectivity index is 5.37. The average molecular weight is 431 g/mol. The summed E-state index contributed by atoms with van der Waals surface area (Å²) < 4.78 is 23.3. The van der Waals surface area contributed by atoms with Crippen LogP contribution in [0.4, 0.5) is 0 Å². The van der Waals surface area contributed by atoms with E-state index in [1.54, 1.807) is 14.0 Å². The van der Waals surface area contributed by atoms with Crippen molar-refractivity contribution in [1.29, 1.82) is 0 Å². The lowest BCUT2D eigenvalue weighted by molar-refractivity contribution is -0.137. The molecule has 0 aliphatic carbocycles. The van der Waals surface area contributed by atoms with Gasteiger partial charge in [-0.25, -0.2) is 0 Å². The van der Waals surface area contributed by atoms with E-state index in [0.29, 0.717) is 36.4 Å². The SMILES string of the molecule is CC#C[C@@H](C)[C@H](O)[C@H](C)[C@H](CO[Si](C(C)C)(C(C)C)C(C)C)OCOCCOC. The molecule has 5 nitrogen and oxygen atoms in total. The monoisotopic (exact) mass is 430 g/mol. The maximum absolute atomic E-state index is 10.8. The Kier molecular flexibility index (Phi) is 14.3. The van der Waals surface area contributed by atoms with Crippen molar-refractivity contribution in [2.24, 2.45) is 11.8 Å². The first-order valence-corrected chi connectivity index (χ1v) is 13.1. The molecular formula is C23H46O5Si. The Hall–Kier alpha value is -0.423. The smallest absolute Gasteiger partial charge is 0.200 e. The molecule has 0 aliphatic rings. The summed E-state index contributed by atoms with van der Waals surface area (Å²) >= 11 is 0. The van der Waals surface area contributed by atoms with E-state index in [2.05, 4.69) is 53.4 Å². The van der Waals surface area contributed by atoms with Gasteiger partial charge in [0.1, 0.15) is 6.79 Å². The third-order valence-corrected chi connectivity index (χ3v) is 12.1. The fourth-order valence-corrected chi connectivity index (χ4v) is 9.86. The standard InChI is InChI=1S/C23H46O5Si/c1-11-12-20(8)23(24)21(9)22(27-16-26-14-13-25-10)15-28-29(17(2)3,18(4)5)19(6)7/h17-24H,13-16H2,1-10H3/t20-,21-,22+,23+/m1/s1. The number of hydrogen-bond donors (Lipinski definition) is 1. The molecule has 0 aromatic heterocycles. The molecule has 0 spiro atoms. The lowest BCUT2D eigenvalue weighted by atomic mass is 9.90. The van der Waals surface area contributed by atoms with Crippen molar-refractivity contribution in [3.8, 4) is 11.8 Å². The number of rotatable bonds is 15. The molecule has 0 saturated carbocycles. The highest BCUT2D eigenvalue weighted by atomic mass is 28.4. The minimum Gasteiger partial charge on any atom is -0.413 e. The summed E-state index contributed by atoms with van der Waals surface area (Å²) in [5.74, 6) is 5.70. The molecule has 0 amide bonds. The highest BCUT2D eigenvalue weighted by Gasteiger charge is 2.46. The van der Waals surface area contributed by atoms with E-state index in [4.69, 9.17) is 18.6 Å². The van der Waals surface area contributed by atoms with E-state index >= 15 is 0 Å². The topological polar surface area (TPSA) is 57.2 Å². The van der Waals surface area contributed by atoms with Gasteiger partial charge in [-0.15, -0.1) is 5.92 Å². The molecule has 0 aromatic rings. The summed E-state index contributed by atoms with van der Waals surface area (Å²) in [4.78, 5) is 0. The van der Waals surface area contributed by atoms with E-state index in [9.17, 15) is 5.11 Å². The normalized spacial score (nSPS) is 16.6. The van der Waals surface area contributed by atoms with E-state index in [0.717, 1.165) is 0 Å². The summed E-state index contributed by atoms with van der Waals surface area (Å²) in [7, 11) is -0.382. The number of aliphatic hydroxyl groups is 1. The van der Waals surface area contributed by atoms with Crippen LogP contribution in [-0.4, -0.2) is 59.4 Å². The molecule has 0 heterocycles. The van der Waals surface area contributed by atoms with Crippen LogP contribution in [0.15, 0.2) is 0 Å². The van der Waals surface area contributed by atoms with Gasteiger partial charge in [0.25, 0.3) is 0 Å². The van der Waals surface area contributed by atoms with E-state index < -0.39 is 14.4 Å². The molecule has 0 fully saturated rings.